The fourth-order valence-electron chi connectivity index (χ4n) is 3.02. The maximum absolute atomic E-state index is 4.27. The Labute approximate surface area is 134 Å². The van der Waals surface area contributed by atoms with Crippen molar-refractivity contribution in [2.24, 2.45) is 7.05 Å². The third-order valence-corrected chi connectivity index (χ3v) is 5.85. The third-order valence-electron chi connectivity index (χ3n) is 4.31. The molecule has 120 valence electrons. The molecule has 21 heavy (non-hydrogen) atoms. The molecular weight excluding hydrogens is 278 g/mol. The van der Waals surface area contributed by atoms with Crippen molar-refractivity contribution >= 4 is 11.8 Å². The zero-order valence-corrected chi connectivity index (χ0v) is 14.5. The molecule has 0 bridgehead atoms. The molecule has 0 aromatic carbocycles. The summed E-state index contributed by atoms with van der Waals surface area (Å²) in [5.74, 6) is 1.27. The summed E-state index contributed by atoms with van der Waals surface area (Å²) in [6, 6.07) is 0.650. The molecule has 1 aromatic heterocycles. The first-order valence-electron chi connectivity index (χ1n) is 8.60. The Morgan fingerprint density at radius 2 is 2.19 bits per heavy atom. The first-order chi connectivity index (χ1) is 10.3. The Hall–Kier alpha value is -0.480. The van der Waals surface area contributed by atoms with Gasteiger partial charge < -0.3 is 5.32 Å². The fraction of sp³-hybridized carbons (Fsp3) is 0.824. The van der Waals surface area contributed by atoms with Gasteiger partial charge in [0.15, 0.2) is 0 Å². The van der Waals surface area contributed by atoms with Crippen molar-refractivity contribution in [1.82, 2.24) is 15.1 Å². The second kappa shape index (κ2) is 9.52. The molecule has 0 radical (unpaired) electrons. The summed E-state index contributed by atoms with van der Waals surface area (Å²) >= 11 is 2.21. The average Bonchev–Trinajstić information content (AvgIpc) is 2.93. The van der Waals surface area contributed by atoms with Crippen molar-refractivity contribution in [1.29, 1.82) is 0 Å². The van der Waals surface area contributed by atoms with Crippen LogP contribution in [-0.4, -0.2) is 33.4 Å². The number of nitrogens with one attached hydrogen (secondary N) is 1. The fourth-order valence-corrected chi connectivity index (χ4v) is 4.47. The molecule has 1 N–H and O–H groups in total. The van der Waals surface area contributed by atoms with Crippen LogP contribution < -0.4 is 5.32 Å². The Balaban J connectivity index is 1.73. The van der Waals surface area contributed by atoms with Gasteiger partial charge in [-0.1, -0.05) is 26.2 Å². The van der Waals surface area contributed by atoms with Crippen LogP contribution in [-0.2, 0) is 13.5 Å². The summed E-state index contributed by atoms with van der Waals surface area (Å²) in [6.45, 7) is 3.39. The van der Waals surface area contributed by atoms with Crippen LogP contribution in [0, 0.1) is 0 Å². The van der Waals surface area contributed by atoms with E-state index in [2.05, 4.69) is 35.3 Å². The number of aryl methyl sites for hydroxylation is 2. The highest BCUT2D eigenvalue weighted by Gasteiger charge is 2.16. The Kier molecular flexibility index (Phi) is 7.65. The highest BCUT2D eigenvalue weighted by atomic mass is 32.2. The zero-order chi connectivity index (χ0) is 14.9. The van der Waals surface area contributed by atoms with E-state index in [-0.39, 0.29) is 0 Å². The van der Waals surface area contributed by atoms with Gasteiger partial charge in [0.05, 0.1) is 6.20 Å². The van der Waals surface area contributed by atoms with E-state index >= 15 is 0 Å². The summed E-state index contributed by atoms with van der Waals surface area (Å²) < 4.78 is 1.90. The highest BCUT2D eigenvalue weighted by molar-refractivity contribution is 7.99. The van der Waals surface area contributed by atoms with Crippen molar-refractivity contribution < 1.29 is 0 Å². The zero-order valence-electron chi connectivity index (χ0n) is 13.7. The molecule has 1 aromatic rings. The van der Waals surface area contributed by atoms with Gasteiger partial charge >= 0.3 is 0 Å². The van der Waals surface area contributed by atoms with E-state index in [1.807, 2.05) is 17.9 Å². The molecule has 0 amide bonds. The van der Waals surface area contributed by atoms with E-state index in [0.29, 0.717) is 6.04 Å². The van der Waals surface area contributed by atoms with Gasteiger partial charge in [0.2, 0.25) is 0 Å². The minimum absolute atomic E-state index is 0.650. The average molecular weight is 310 g/mol. The molecule has 1 aliphatic rings. The van der Waals surface area contributed by atoms with E-state index < -0.39 is 0 Å². The number of nitrogens with zero attached hydrogens (tertiary/aromatic N) is 2. The van der Waals surface area contributed by atoms with Crippen LogP contribution in [0.15, 0.2) is 12.4 Å². The van der Waals surface area contributed by atoms with Crippen molar-refractivity contribution in [2.75, 3.05) is 12.3 Å². The van der Waals surface area contributed by atoms with Crippen LogP contribution in [0.2, 0.25) is 0 Å². The number of thioether (sulfide) groups is 1. The molecule has 0 aliphatic heterocycles. The van der Waals surface area contributed by atoms with Crippen LogP contribution >= 0.6 is 11.8 Å². The second-order valence-electron chi connectivity index (χ2n) is 6.31. The van der Waals surface area contributed by atoms with E-state index in [9.17, 15) is 0 Å². The van der Waals surface area contributed by atoms with E-state index in [0.717, 1.165) is 18.2 Å². The molecule has 1 heterocycles. The SMILES string of the molecule is CCCNC(CCc1cnn(C)c1)CSC1CCCCC1. The van der Waals surface area contributed by atoms with Gasteiger partial charge in [-0.05, 0) is 44.2 Å². The van der Waals surface area contributed by atoms with Crippen LogP contribution in [0.4, 0.5) is 0 Å². The molecule has 0 saturated heterocycles. The number of hydrogen-bond acceptors (Lipinski definition) is 3. The molecule has 1 unspecified atom stereocenters. The van der Waals surface area contributed by atoms with Crippen molar-refractivity contribution in [2.45, 2.75) is 69.6 Å². The summed E-state index contributed by atoms with van der Waals surface area (Å²) in [7, 11) is 2.00. The van der Waals surface area contributed by atoms with E-state index in [1.54, 1.807) is 0 Å². The largest absolute Gasteiger partial charge is 0.313 e. The molecule has 1 aliphatic carbocycles. The standard InChI is InChI=1S/C17H31N3S/c1-3-11-18-16(10-9-15-12-19-20(2)13-15)14-21-17-7-5-4-6-8-17/h12-13,16-18H,3-11,14H2,1-2H3. The molecule has 1 saturated carbocycles. The van der Waals surface area contributed by atoms with E-state index in [4.69, 9.17) is 0 Å². The van der Waals surface area contributed by atoms with Crippen LogP contribution in [0.1, 0.15) is 57.4 Å². The molecule has 4 heteroatoms. The maximum atomic E-state index is 4.27. The first-order valence-corrected chi connectivity index (χ1v) is 9.65. The lowest BCUT2D eigenvalue weighted by Crippen LogP contribution is -2.33. The third kappa shape index (κ3) is 6.43. The first kappa shape index (κ1) is 16.9. The smallest absolute Gasteiger partial charge is 0.0521 e. The van der Waals surface area contributed by atoms with Gasteiger partial charge in [-0.25, -0.2) is 0 Å². The molecule has 2 rings (SSSR count). The maximum Gasteiger partial charge on any atom is 0.0521 e. The lowest BCUT2D eigenvalue weighted by atomic mass is 10.0. The van der Waals surface area contributed by atoms with Gasteiger partial charge in [-0.2, -0.15) is 16.9 Å². The van der Waals surface area contributed by atoms with Crippen LogP contribution in [0.25, 0.3) is 0 Å². The van der Waals surface area contributed by atoms with Crippen molar-refractivity contribution in [3.8, 4) is 0 Å². The number of aromatic nitrogens is 2. The van der Waals surface area contributed by atoms with Crippen molar-refractivity contribution in [3.05, 3.63) is 18.0 Å². The van der Waals surface area contributed by atoms with Gasteiger partial charge in [-0.3, -0.25) is 4.68 Å². The van der Waals surface area contributed by atoms with Crippen LogP contribution in [0.5, 0.6) is 0 Å². The minimum Gasteiger partial charge on any atom is -0.313 e. The quantitative estimate of drug-likeness (QED) is 0.753. The molecule has 1 atom stereocenters. The second-order valence-corrected chi connectivity index (χ2v) is 7.64. The minimum atomic E-state index is 0.650. The van der Waals surface area contributed by atoms with Gasteiger partial charge in [0, 0.05) is 30.3 Å². The van der Waals surface area contributed by atoms with Gasteiger partial charge in [0.25, 0.3) is 0 Å². The normalized spacial score (nSPS) is 18.0. The summed E-state index contributed by atoms with van der Waals surface area (Å²) in [4.78, 5) is 0. The topological polar surface area (TPSA) is 29.9 Å². The summed E-state index contributed by atoms with van der Waals surface area (Å²) in [5.41, 5.74) is 1.36. The Morgan fingerprint density at radius 1 is 1.38 bits per heavy atom. The summed E-state index contributed by atoms with van der Waals surface area (Å²) in [5, 5.41) is 8.92. The van der Waals surface area contributed by atoms with Crippen molar-refractivity contribution in [3.63, 3.8) is 0 Å². The lowest BCUT2D eigenvalue weighted by molar-refractivity contribution is 0.504. The Bertz CT molecular complexity index is 385. The highest BCUT2D eigenvalue weighted by Crippen LogP contribution is 2.29. The lowest BCUT2D eigenvalue weighted by Gasteiger charge is -2.24. The predicted octanol–water partition coefficient (Wildman–Crippen LogP) is 3.79. The molecular formula is C17H31N3S. The molecule has 1 fully saturated rings. The molecule has 3 nitrogen and oxygen atoms in total. The van der Waals surface area contributed by atoms with Gasteiger partial charge in [-0.15, -0.1) is 0 Å². The Morgan fingerprint density at radius 3 is 2.86 bits per heavy atom. The van der Waals surface area contributed by atoms with Gasteiger partial charge in [0.1, 0.15) is 0 Å². The number of hydrogen-bond donors (Lipinski definition) is 1. The van der Waals surface area contributed by atoms with E-state index in [1.165, 1.54) is 56.3 Å². The predicted molar refractivity (Wildman–Crippen MR) is 92.9 cm³/mol. The summed E-state index contributed by atoms with van der Waals surface area (Å²) in [6.07, 6.45) is 15.0. The molecule has 0 spiro atoms. The van der Waals surface area contributed by atoms with Crippen LogP contribution in [0.3, 0.4) is 0 Å². The number of rotatable bonds is 9. The monoisotopic (exact) mass is 309 g/mol.